The molecule has 2 aromatic rings. The molecule has 0 saturated carbocycles. The van der Waals surface area contributed by atoms with Crippen molar-refractivity contribution in [2.24, 2.45) is 0 Å². The molecule has 3 heteroatoms. The van der Waals surface area contributed by atoms with E-state index >= 15 is 0 Å². The van der Waals surface area contributed by atoms with Gasteiger partial charge in [0.1, 0.15) is 5.76 Å². The minimum Gasteiger partial charge on any atom is -0.453 e. The molecule has 0 amide bonds. The molecule has 0 spiro atoms. The Balaban J connectivity index is 1.77. The molecular formula is C18H21NO2. The first kappa shape index (κ1) is 14.1. The summed E-state index contributed by atoms with van der Waals surface area (Å²) in [4.78, 5) is 13.3. The molecule has 110 valence electrons. The van der Waals surface area contributed by atoms with Gasteiger partial charge in [-0.3, -0.25) is 9.69 Å². The summed E-state index contributed by atoms with van der Waals surface area (Å²) in [5.74, 6) is 1.13. The number of furan rings is 1. The van der Waals surface area contributed by atoms with Crippen molar-refractivity contribution >= 4 is 6.29 Å². The fraction of sp³-hybridized carbons (Fsp3) is 0.389. The number of likely N-dealkylation sites (tertiary alicyclic amines) is 1. The van der Waals surface area contributed by atoms with Gasteiger partial charge >= 0.3 is 0 Å². The van der Waals surface area contributed by atoms with E-state index in [1.807, 2.05) is 12.1 Å². The number of carbonyl (C=O) groups is 1. The van der Waals surface area contributed by atoms with Gasteiger partial charge in [-0.1, -0.05) is 24.6 Å². The van der Waals surface area contributed by atoms with Crippen LogP contribution in [0.3, 0.4) is 0 Å². The van der Waals surface area contributed by atoms with Crippen molar-refractivity contribution < 1.29 is 9.21 Å². The smallest absolute Gasteiger partial charge is 0.185 e. The van der Waals surface area contributed by atoms with E-state index in [4.69, 9.17) is 4.42 Å². The zero-order chi connectivity index (χ0) is 14.7. The first-order valence-electron chi connectivity index (χ1n) is 7.64. The summed E-state index contributed by atoms with van der Waals surface area (Å²) >= 11 is 0. The predicted octanol–water partition coefficient (Wildman–Crippen LogP) is 4.13. The normalized spacial score (nSPS) is 19.6. The molecule has 0 N–H and O–H groups in total. The first-order valence-corrected chi connectivity index (χ1v) is 7.64. The van der Waals surface area contributed by atoms with E-state index in [-0.39, 0.29) is 0 Å². The monoisotopic (exact) mass is 283 g/mol. The Morgan fingerprint density at radius 1 is 1.29 bits per heavy atom. The molecule has 0 aliphatic carbocycles. The van der Waals surface area contributed by atoms with Crippen molar-refractivity contribution in [1.82, 2.24) is 4.90 Å². The van der Waals surface area contributed by atoms with Crippen molar-refractivity contribution in [1.29, 1.82) is 0 Å². The highest BCUT2D eigenvalue weighted by atomic mass is 16.3. The van der Waals surface area contributed by atoms with Gasteiger partial charge in [0, 0.05) is 18.2 Å². The molecule has 0 bridgehead atoms. The van der Waals surface area contributed by atoms with Gasteiger partial charge in [-0.25, -0.2) is 0 Å². The van der Waals surface area contributed by atoms with Crippen LogP contribution in [0.1, 0.15) is 42.3 Å². The van der Waals surface area contributed by atoms with Crippen LogP contribution < -0.4 is 0 Å². The molecule has 0 radical (unpaired) electrons. The largest absolute Gasteiger partial charge is 0.453 e. The summed E-state index contributed by atoms with van der Waals surface area (Å²) < 4.78 is 5.50. The minimum atomic E-state index is 0.375. The zero-order valence-electron chi connectivity index (χ0n) is 12.4. The van der Waals surface area contributed by atoms with Crippen LogP contribution in [0.15, 0.2) is 40.8 Å². The molecule has 1 aromatic heterocycles. The average Bonchev–Trinajstić information content (AvgIpc) is 2.99. The van der Waals surface area contributed by atoms with Crippen LogP contribution in [0.5, 0.6) is 0 Å². The van der Waals surface area contributed by atoms with Gasteiger partial charge in [0.2, 0.25) is 0 Å². The van der Waals surface area contributed by atoms with E-state index in [1.54, 1.807) is 6.07 Å². The van der Waals surface area contributed by atoms with Gasteiger partial charge < -0.3 is 4.42 Å². The number of benzene rings is 1. The van der Waals surface area contributed by atoms with E-state index < -0.39 is 0 Å². The van der Waals surface area contributed by atoms with Gasteiger partial charge in [0.15, 0.2) is 12.0 Å². The molecule has 21 heavy (non-hydrogen) atoms. The van der Waals surface area contributed by atoms with Crippen LogP contribution in [0.2, 0.25) is 0 Å². The van der Waals surface area contributed by atoms with Crippen molar-refractivity contribution in [3.8, 4) is 11.3 Å². The van der Waals surface area contributed by atoms with Gasteiger partial charge in [0.25, 0.3) is 0 Å². The van der Waals surface area contributed by atoms with E-state index in [1.165, 1.54) is 31.4 Å². The van der Waals surface area contributed by atoms with Crippen molar-refractivity contribution in [3.63, 3.8) is 0 Å². The quantitative estimate of drug-likeness (QED) is 0.791. The fourth-order valence-corrected chi connectivity index (χ4v) is 3.02. The number of rotatable bonds is 4. The van der Waals surface area contributed by atoms with Crippen LogP contribution in [-0.2, 0) is 6.54 Å². The lowest BCUT2D eigenvalue weighted by molar-refractivity contribution is 0.110. The van der Waals surface area contributed by atoms with Crippen LogP contribution in [0.25, 0.3) is 11.3 Å². The maximum absolute atomic E-state index is 10.7. The minimum absolute atomic E-state index is 0.375. The number of piperidine rings is 1. The third-order valence-electron chi connectivity index (χ3n) is 4.28. The maximum atomic E-state index is 10.7. The second-order valence-electron chi connectivity index (χ2n) is 5.84. The highest BCUT2D eigenvalue weighted by Gasteiger charge is 2.18. The highest BCUT2D eigenvalue weighted by molar-refractivity contribution is 5.72. The number of carbonyl (C=O) groups excluding carboxylic acids is 1. The second kappa shape index (κ2) is 6.27. The molecule has 3 nitrogen and oxygen atoms in total. The predicted molar refractivity (Wildman–Crippen MR) is 83.3 cm³/mol. The molecule has 2 heterocycles. The summed E-state index contributed by atoms with van der Waals surface area (Å²) in [5, 5.41) is 0. The molecular weight excluding hydrogens is 262 g/mol. The Morgan fingerprint density at radius 3 is 2.95 bits per heavy atom. The van der Waals surface area contributed by atoms with Gasteiger partial charge in [-0.2, -0.15) is 0 Å². The molecule has 1 aliphatic rings. The number of hydrogen-bond donors (Lipinski definition) is 0. The van der Waals surface area contributed by atoms with Crippen LogP contribution in [0, 0.1) is 0 Å². The Labute approximate surface area is 125 Å². The molecule has 1 saturated heterocycles. The van der Waals surface area contributed by atoms with E-state index in [9.17, 15) is 4.79 Å². The molecule has 1 atom stereocenters. The molecule has 3 rings (SSSR count). The summed E-state index contributed by atoms with van der Waals surface area (Å²) in [6.45, 7) is 4.48. The fourth-order valence-electron chi connectivity index (χ4n) is 3.02. The summed E-state index contributed by atoms with van der Waals surface area (Å²) in [7, 11) is 0. The molecule has 1 fully saturated rings. The lowest BCUT2D eigenvalue weighted by Crippen LogP contribution is -2.36. The van der Waals surface area contributed by atoms with Crippen LogP contribution in [0.4, 0.5) is 0 Å². The third kappa shape index (κ3) is 3.24. The Kier molecular flexibility index (Phi) is 4.20. The Morgan fingerprint density at radius 2 is 2.19 bits per heavy atom. The zero-order valence-corrected chi connectivity index (χ0v) is 12.4. The molecule has 1 aliphatic heterocycles. The second-order valence-corrected chi connectivity index (χ2v) is 5.84. The summed E-state index contributed by atoms with van der Waals surface area (Å²) in [5.41, 5.74) is 2.33. The third-order valence-corrected chi connectivity index (χ3v) is 4.28. The maximum Gasteiger partial charge on any atom is 0.185 e. The van der Waals surface area contributed by atoms with Gasteiger partial charge in [-0.15, -0.1) is 0 Å². The highest BCUT2D eigenvalue weighted by Crippen LogP contribution is 2.24. The van der Waals surface area contributed by atoms with Crippen molar-refractivity contribution in [2.45, 2.75) is 38.8 Å². The Hall–Kier alpha value is -1.87. The van der Waals surface area contributed by atoms with Crippen molar-refractivity contribution in [3.05, 3.63) is 47.7 Å². The first-order chi connectivity index (χ1) is 10.3. The summed E-state index contributed by atoms with van der Waals surface area (Å²) in [6.07, 6.45) is 4.67. The van der Waals surface area contributed by atoms with Crippen LogP contribution >= 0.6 is 0 Å². The number of nitrogens with zero attached hydrogens (tertiary/aromatic N) is 1. The van der Waals surface area contributed by atoms with Crippen molar-refractivity contribution in [2.75, 3.05) is 6.54 Å². The number of aldehydes is 1. The Bertz CT molecular complexity index is 617. The SMILES string of the molecule is CC1CCCCN1Cc1cccc(-c2ccc(C=O)o2)c1. The van der Waals surface area contributed by atoms with Crippen LogP contribution in [-0.4, -0.2) is 23.8 Å². The topological polar surface area (TPSA) is 33.5 Å². The lowest BCUT2D eigenvalue weighted by atomic mass is 10.0. The number of hydrogen-bond acceptors (Lipinski definition) is 3. The molecule has 1 aromatic carbocycles. The van der Waals surface area contributed by atoms with Gasteiger partial charge in [0.05, 0.1) is 0 Å². The summed E-state index contributed by atoms with van der Waals surface area (Å²) in [6, 6.07) is 12.6. The standard InChI is InChI=1S/C18H21NO2/c1-14-5-2-3-10-19(14)12-15-6-4-7-16(11-15)18-9-8-17(13-20)21-18/h4,6-9,11,13-14H,2-3,5,10,12H2,1H3. The van der Waals surface area contributed by atoms with E-state index in [0.29, 0.717) is 11.8 Å². The van der Waals surface area contributed by atoms with Gasteiger partial charge in [-0.05, 0) is 50.1 Å². The van der Waals surface area contributed by atoms with E-state index in [2.05, 4.69) is 30.0 Å². The lowest BCUT2D eigenvalue weighted by Gasteiger charge is -2.33. The average molecular weight is 283 g/mol. The molecule has 1 unspecified atom stereocenters. The van der Waals surface area contributed by atoms with E-state index in [0.717, 1.165) is 24.2 Å².